The fourth-order valence-corrected chi connectivity index (χ4v) is 4.31. The summed E-state index contributed by atoms with van der Waals surface area (Å²) >= 11 is 0. The first-order chi connectivity index (χ1) is 16.0. The van der Waals surface area contributed by atoms with Crippen LogP contribution in [-0.4, -0.2) is 75.6 Å². The van der Waals surface area contributed by atoms with E-state index in [-0.39, 0.29) is 11.8 Å². The molecule has 2 amide bonds. The zero-order valence-corrected chi connectivity index (χ0v) is 19.7. The maximum absolute atomic E-state index is 13.6. The molecule has 1 aromatic carbocycles. The van der Waals surface area contributed by atoms with Gasteiger partial charge in [-0.25, -0.2) is 4.98 Å². The van der Waals surface area contributed by atoms with Crippen molar-refractivity contribution in [2.75, 3.05) is 39.3 Å². The number of hydrogen-bond donors (Lipinski definition) is 1. The Bertz CT molecular complexity index is 1130. The summed E-state index contributed by atoms with van der Waals surface area (Å²) in [7, 11) is 1.86. The van der Waals surface area contributed by atoms with Crippen molar-refractivity contribution in [3.8, 4) is 11.3 Å². The summed E-state index contributed by atoms with van der Waals surface area (Å²) in [5, 5.41) is 8.29. The third kappa shape index (κ3) is 5.06. The Kier molecular flexibility index (Phi) is 7.03. The molecule has 1 N–H and O–H groups in total. The monoisotopic (exact) mass is 448 g/mol. The van der Waals surface area contributed by atoms with E-state index in [9.17, 15) is 9.59 Å². The summed E-state index contributed by atoms with van der Waals surface area (Å²) in [6.45, 7) is 7.66. The molecule has 0 spiro atoms. The molecule has 8 heteroatoms. The normalized spacial score (nSPS) is 14.6. The molecule has 8 nitrogen and oxygen atoms in total. The van der Waals surface area contributed by atoms with E-state index in [1.165, 1.54) is 0 Å². The highest BCUT2D eigenvalue weighted by Crippen LogP contribution is 2.28. The largest absolute Gasteiger partial charge is 0.355 e. The van der Waals surface area contributed by atoms with E-state index in [0.717, 1.165) is 41.7 Å². The Hall–Kier alpha value is -3.26. The van der Waals surface area contributed by atoms with E-state index in [0.29, 0.717) is 43.9 Å². The van der Waals surface area contributed by atoms with Gasteiger partial charge in [-0.15, -0.1) is 0 Å². The summed E-state index contributed by atoms with van der Waals surface area (Å²) in [6.07, 6.45) is 2.05. The number of unbranched alkanes of at least 4 members (excludes halogenated alkanes) is 1. The molecule has 0 aliphatic carbocycles. The standard InChI is InChI=1S/C25H32N6O2/c1-4-5-11-26-22(32)17-30-12-14-31(15-13-30)25(33)20-16-21(19-9-7-6-8-10-19)27-24-23(20)18(2)28-29(24)3/h6-10,16H,4-5,11-15,17H2,1-3H3,(H,26,32). The second kappa shape index (κ2) is 10.1. The number of aromatic nitrogens is 3. The Morgan fingerprint density at radius 1 is 1.09 bits per heavy atom. The molecule has 1 saturated heterocycles. The maximum atomic E-state index is 13.6. The van der Waals surface area contributed by atoms with Crippen LogP contribution in [0.5, 0.6) is 0 Å². The quantitative estimate of drug-likeness (QED) is 0.562. The lowest BCUT2D eigenvalue weighted by molar-refractivity contribution is -0.122. The maximum Gasteiger partial charge on any atom is 0.254 e. The van der Waals surface area contributed by atoms with E-state index >= 15 is 0 Å². The molecule has 4 rings (SSSR count). The molecule has 2 aromatic heterocycles. The number of carbonyl (C=O) groups is 2. The van der Waals surface area contributed by atoms with Crippen molar-refractivity contribution >= 4 is 22.8 Å². The first-order valence-electron chi connectivity index (χ1n) is 11.7. The lowest BCUT2D eigenvalue weighted by Crippen LogP contribution is -2.51. The van der Waals surface area contributed by atoms with Crippen LogP contribution in [0.25, 0.3) is 22.3 Å². The van der Waals surface area contributed by atoms with Crippen molar-refractivity contribution in [2.24, 2.45) is 7.05 Å². The van der Waals surface area contributed by atoms with Crippen LogP contribution < -0.4 is 5.32 Å². The Labute approximate surface area is 194 Å². The molecule has 0 bridgehead atoms. The number of hydrogen-bond acceptors (Lipinski definition) is 5. The zero-order valence-electron chi connectivity index (χ0n) is 19.7. The summed E-state index contributed by atoms with van der Waals surface area (Å²) in [5.41, 5.74) is 3.86. The summed E-state index contributed by atoms with van der Waals surface area (Å²) in [4.78, 5) is 34.5. The van der Waals surface area contributed by atoms with Gasteiger partial charge in [-0.1, -0.05) is 43.7 Å². The molecule has 1 aliphatic rings. The summed E-state index contributed by atoms with van der Waals surface area (Å²) < 4.78 is 1.74. The molecular weight excluding hydrogens is 416 g/mol. The van der Waals surface area contributed by atoms with Gasteiger partial charge >= 0.3 is 0 Å². The number of nitrogens with zero attached hydrogens (tertiary/aromatic N) is 5. The smallest absolute Gasteiger partial charge is 0.254 e. The molecule has 1 aliphatic heterocycles. The Morgan fingerprint density at radius 2 is 1.82 bits per heavy atom. The molecule has 0 unspecified atom stereocenters. The predicted molar refractivity (Wildman–Crippen MR) is 129 cm³/mol. The van der Waals surface area contributed by atoms with E-state index in [1.807, 2.05) is 55.3 Å². The highest BCUT2D eigenvalue weighted by Gasteiger charge is 2.27. The molecule has 1 fully saturated rings. The number of piperazine rings is 1. The summed E-state index contributed by atoms with van der Waals surface area (Å²) in [5.74, 6) is 0.0419. The van der Waals surface area contributed by atoms with E-state index in [2.05, 4.69) is 22.2 Å². The number of benzene rings is 1. The van der Waals surface area contributed by atoms with Crippen LogP contribution in [0.1, 0.15) is 35.8 Å². The summed E-state index contributed by atoms with van der Waals surface area (Å²) in [6, 6.07) is 11.8. The van der Waals surface area contributed by atoms with Gasteiger partial charge in [0.1, 0.15) is 0 Å². The fraction of sp³-hybridized carbons (Fsp3) is 0.440. The van der Waals surface area contributed by atoms with Gasteiger partial charge in [0.25, 0.3) is 5.91 Å². The van der Waals surface area contributed by atoms with Gasteiger partial charge in [0.2, 0.25) is 5.91 Å². The van der Waals surface area contributed by atoms with Crippen LogP contribution in [0.3, 0.4) is 0 Å². The minimum absolute atomic E-state index is 0.0114. The third-order valence-corrected chi connectivity index (χ3v) is 6.15. The number of fused-ring (bicyclic) bond motifs is 1. The second-order valence-electron chi connectivity index (χ2n) is 8.60. The molecule has 0 atom stereocenters. The average Bonchev–Trinajstić information content (AvgIpc) is 3.12. The van der Waals surface area contributed by atoms with E-state index in [1.54, 1.807) is 4.68 Å². The topological polar surface area (TPSA) is 83.4 Å². The van der Waals surface area contributed by atoms with Gasteiger partial charge in [0.15, 0.2) is 5.65 Å². The lowest BCUT2D eigenvalue weighted by atomic mass is 10.0. The number of rotatable bonds is 7. The Balaban J connectivity index is 1.52. The van der Waals surface area contributed by atoms with Crippen LogP contribution in [0.2, 0.25) is 0 Å². The van der Waals surface area contributed by atoms with Crippen molar-refractivity contribution in [3.63, 3.8) is 0 Å². The van der Waals surface area contributed by atoms with Crippen molar-refractivity contribution in [1.82, 2.24) is 29.9 Å². The van der Waals surface area contributed by atoms with Crippen molar-refractivity contribution in [2.45, 2.75) is 26.7 Å². The second-order valence-corrected chi connectivity index (χ2v) is 8.60. The van der Waals surface area contributed by atoms with Crippen molar-refractivity contribution in [3.05, 3.63) is 47.7 Å². The predicted octanol–water partition coefficient (Wildman–Crippen LogP) is 2.62. The van der Waals surface area contributed by atoms with Gasteiger partial charge in [-0.3, -0.25) is 19.2 Å². The van der Waals surface area contributed by atoms with Gasteiger partial charge < -0.3 is 10.2 Å². The number of amides is 2. The van der Waals surface area contributed by atoms with Crippen LogP contribution in [0, 0.1) is 6.92 Å². The van der Waals surface area contributed by atoms with Crippen LogP contribution >= 0.6 is 0 Å². The molecule has 174 valence electrons. The number of aryl methyl sites for hydroxylation is 2. The van der Waals surface area contributed by atoms with Crippen molar-refractivity contribution < 1.29 is 9.59 Å². The minimum Gasteiger partial charge on any atom is -0.355 e. The van der Waals surface area contributed by atoms with Crippen LogP contribution in [0.4, 0.5) is 0 Å². The molecule has 3 heterocycles. The Morgan fingerprint density at radius 3 is 2.52 bits per heavy atom. The highest BCUT2D eigenvalue weighted by molar-refractivity contribution is 6.07. The first kappa shape index (κ1) is 22.9. The lowest BCUT2D eigenvalue weighted by Gasteiger charge is -2.34. The van der Waals surface area contributed by atoms with E-state index in [4.69, 9.17) is 4.98 Å². The highest BCUT2D eigenvalue weighted by atomic mass is 16.2. The third-order valence-electron chi connectivity index (χ3n) is 6.15. The molecule has 0 radical (unpaired) electrons. The van der Waals surface area contributed by atoms with Gasteiger partial charge in [0, 0.05) is 45.3 Å². The van der Waals surface area contributed by atoms with E-state index < -0.39 is 0 Å². The number of pyridine rings is 1. The zero-order chi connectivity index (χ0) is 23.4. The van der Waals surface area contributed by atoms with Gasteiger partial charge in [0.05, 0.1) is 28.9 Å². The minimum atomic E-state index is -0.0114. The average molecular weight is 449 g/mol. The first-order valence-corrected chi connectivity index (χ1v) is 11.7. The van der Waals surface area contributed by atoms with Crippen LogP contribution in [-0.2, 0) is 11.8 Å². The van der Waals surface area contributed by atoms with Gasteiger partial charge in [-0.2, -0.15) is 5.10 Å². The number of nitrogens with one attached hydrogen (secondary N) is 1. The molecule has 3 aromatic rings. The molecular formula is C25H32N6O2. The number of carbonyl (C=O) groups excluding carboxylic acids is 2. The van der Waals surface area contributed by atoms with Gasteiger partial charge in [-0.05, 0) is 19.4 Å². The fourth-order valence-electron chi connectivity index (χ4n) is 4.31. The van der Waals surface area contributed by atoms with Crippen molar-refractivity contribution in [1.29, 1.82) is 0 Å². The molecule has 33 heavy (non-hydrogen) atoms. The SMILES string of the molecule is CCCCNC(=O)CN1CCN(C(=O)c2cc(-c3ccccc3)nc3c2c(C)nn3C)CC1. The molecule has 0 saturated carbocycles. The van der Waals surface area contributed by atoms with Crippen LogP contribution in [0.15, 0.2) is 36.4 Å².